The average Bonchev–Trinajstić information content (AvgIpc) is 3.06. The van der Waals surface area contributed by atoms with Crippen molar-refractivity contribution in [3.8, 4) is 0 Å². The van der Waals surface area contributed by atoms with Gasteiger partial charge in [0.1, 0.15) is 40.5 Å². The van der Waals surface area contributed by atoms with Gasteiger partial charge in [0.2, 0.25) is 0 Å². The average molecular weight is 971 g/mol. The monoisotopic (exact) mass is 969 g/mol. The normalized spacial score (nSPS) is 11.6. The first kappa shape index (κ1) is 51.4. The zero-order valence-electron chi connectivity index (χ0n) is 26.3. The van der Waals surface area contributed by atoms with E-state index in [1.807, 2.05) is 0 Å². The van der Waals surface area contributed by atoms with Crippen LogP contribution in [0.5, 0.6) is 0 Å². The SMILES string of the molecule is NN=Nc1ccc(S(=O)(=O)[O-])cc1.NN=Nc1ccc(S(=O)(=O)[O-])cc1.NN=Nc1ccc(S(=O)(=O)[O-])cc1.NN=Nc1ccc(S(=O)(=O)[O-])cc1.[Cu+2].[Pd+2]. The summed E-state index contributed by atoms with van der Waals surface area (Å²) in [4.78, 5) is -1.21. The van der Waals surface area contributed by atoms with E-state index in [0.29, 0.717) is 22.7 Å². The second kappa shape index (κ2) is 23.9. The van der Waals surface area contributed by atoms with Gasteiger partial charge in [-0.1, -0.05) is 20.9 Å². The third kappa shape index (κ3) is 19.9. The van der Waals surface area contributed by atoms with Crippen molar-refractivity contribution in [2.45, 2.75) is 19.6 Å². The molecule has 4 rings (SSSR count). The van der Waals surface area contributed by atoms with Crippen LogP contribution in [0.15, 0.2) is 158 Å². The van der Waals surface area contributed by atoms with Gasteiger partial charge in [-0.05, 0) is 97.1 Å². The van der Waals surface area contributed by atoms with Gasteiger partial charge in [0.15, 0.2) is 0 Å². The summed E-state index contributed by atoms with van der Waals surface area (Å²) in [5.74, 6) is 19.1. The number of hydrogen-bond donors (Lipinski definition) is 4. The van der Waals surface area contributed by atoms with Crippen LogP contribution in [0, 0.1) is 0 Å². The van der Waals surface area contributed by atoms with E-state index in [1.165, 1.54) is 48.5 Å². The van der Waals surface area contributed by atoms with Crippen LogP contribution in [0.1, 0.15) is 0 Å². The topological polar surface area (TPSA) is 432 Å². The van der Waals surface area contributed by atoms with Gasteiger partial charge in [0.25, 0.3) is 0 Å². The Balaban J connectivity index is 0. The van der Waals surface area contributed by atoms with Crippen molar-refractivity contribution in [2.75, 3.05) is 0 Å². The van der Waals surface area contributed by atoms with Gasteiger partial charge in [-0.25, -0.2) is 33.7 Å². The molecule has 30 heteroatoms. The van der Waals surface area contributed by atoms with Crippen LogP contribution in [-0.4, -0.2) is 51.9 Å². The summed E-state index contributed by atoms with van der Waals surface area (Å²) in [6.07, 6.45) is 0. The molecule has 8 N–H and O–H groups in total. The Bertz CT molecular complexity index is 1990. The van der Waals surface area contributed by atoms with Crippen molar-refractivity contribution in [1.29, 1.82) is 0 Å². The van der Waals surface area contributed by atoms with Crippen LogP contribution in [-0.2, 0) is 78.0 Å². The summed E-state index contributed by atoms with van der Waals surface area (Å²) in [6.45, 7) is 0. The maximum Gasteiger partial charge on any atom is 2.00 e. The molecule has 0 aliphatic carbocycles. The molecule has 0 atom stereocenters. The van der Waals surface area contributed by atoms with Gasteiger partial charge >= 0.3 is 37.5 Å². The molecule has 24 nitrogen and oxygen atoms in total. The Labute approximate surface area is 332 Å². The molecular weight excluding hydrogens is 947 g/mol. The van der Waals surface area contributed by atoms with E-state index < -0.39 is 40.5 Å². The van der Waals surface area contributed by atoms with Crippen molar-refractivity contribution in [1.82, 2.24) is 0 Å². The van der Waals surface area contributed by atoms with Gasteiger partial charge < -0.3 is 41.6 Å². The standard InChI is InChI=1S/4C6H7N3O3S.Cu.Pd/c4*7-9-8-5-1-3-6(4-2-5)13(10,11)12;;/h4*1-4H,(H2,7,8)(H,10,11,12);;/q;;;;2*+2/p-4. The molecule has 0 bridgehead atoms. The fourth-order valence-electron chi connectivity index (χ4n) is 2.98. The van der Waals surface area contributed by atoms with Gasteiger partial charge in [0.05, 0.1) is 42.3 Å². The van der Waals surface area contributed by atoms with Crippen LogP contribution >= 0.6 is 0 Å². The zero-order chi connectivity index (χ0) is 39.6. The summed E-state index contributed by atoms with van der Waals surface area (Å²) in [7, 11) is -17.6. The summed E-state index contributed by atoms with van der Waals surface area (Å²) in [5.41, 5.74) is 1.54. The molecule has 0 saturated heterocycles. The van der Waals surface area contributed by atoms with E-state index in [4.69, 9.17) is 23.4 Å². The summed E-state index contributed by atoms with van der Waals surface area (Å²) < 4.78 is 126. The molecule has 0 heterocycles. The van der Waals surface area contributed by atoms with Crippen molar-refractivity contribution >= 4 is 63.2 Å². The molecule has 4 aromatic carbocycles. The molecule has 1 radical (unpaired) electrons. The molecule has 4 aromatic rings. The number of benzene rings is 4. The molecule has 0 aliphatic heterocycles. The van der Waals surface area contributed by atoms with Crippen molar-refractivity contribution in [3.05, 3.63) is 97.1 Å². The van der Waals surface area contributed by atoms with Crippen LogP contribution in [0.25, 0.3) is 0 Å². The Morgan fingerprint density at radius 2 is 0.463 bits per heavy atom. The summed E-state index contributed by atoms with van der Waals surface area (Å²) in [6, 6.07) is 19.8. The molecule has 54 heavy (non-hydrogen) atoms. The minimum absolute atomic E-state index is 0. The Hall–Kier alpha value is -4.70. The molecule has 0 aliphatic rings. The fourth-order valence-corrected chi connectivity index (χ4v) is 4.86. The fraction of sp³-hybridized carbons (Fsp3) is 0. The molecule has 0 saturated carbocycles. The van der Waals surface area contributed by atoms with Crippen molar-refractivity contribution in [2.24, 2.45) is 64.7 Å². The second-order valence-electron chi connectivity index (χ2n) is 8.65. The maximum atomic E-state index is 10.5. The van der Waals surface area contributed by atoms with Crippen LogP contribution in [0.2, 0.25) is 0 Å². The van der Waals surface area contributed by atoms with Crippen molar-refractivity contribution in [3.63, 3.8) is 0 Å². The smallest absolute Gasteiger partial charge is 0.744 e. The molecule has 0 unspecified atom stereocenters. The number of nitrogens with zero attached hydrogens (tertiary/aromatic N) is 8. The third-order valence-electron chi connectivity index (χ3n) is 5.19. The molecule has 0 spiro atoms. The van der Waals surface area contributed by atoms with Crippen LogP contribution in [0.3, 0.4) is 0 Å². The minimum Gasteiger partial charge on any atom is -0.744 e. The Morgan fingerprint density at radius 1 is 0.333 bits per heavy atom. The molecule has 297 valence electrons. The van der Waals surface area contributed by atoms with E-state index in [2.05, 4.69) is 41.4 Å². The first-order valence-electron chi connectivity index (χ1n) is 12.8. The molecule has 0 amide bonds. The summed E-state index contributed by atoms with van der Waals surface area (Å²) in [5, 5.41) is 25.7. The number of hydrogen-bond acceptors (Lipinski definition) is 20. The van der Waals surface area contributed by atoms with E-state index in [1.54, 1.807) is 0 Å². The van der Waals surface area contributed by atoms with E-state index in [9.17, 15) is 51.9 Å². The van der Waals surface area contributed by atoms with E-state index >= 15 is 0 Å². The van der Waals surface area contributed by atoms with Crippen LogP contribution < -0.4 is 23.4 Å². The van der Waals surface area contributed by atoms with E-state index in [-0.39, 0.29) is 57.1 Å². The largest absolute Gasteiger partial charge is 2.00 e. The van der Waals surface area contributed by atoms with Gasteiger partial charge in [0, 0.05) is 0 Å². The van der Waals surface area contributed by atoms with Crippen LogP contribution in [0.4, 0.5) is 22.7 Å². The third-order valence-corrected chi connectivity index (χ3v) is 8.59. The minimum atomic E-state index is -4.39. The maximum absolute atomic E-state index is 10.5. The second-order valence-corrected chi connectivity index (χ2v) is 14.2. The van der Waals surface area contributed by atoms with Gasteiger partial charge in [-0.15, -0.1) is 20.5 Å². The predicted octanol–water partition coefficient (Wildman–Crippen LogP) is 2.19. The van der Waals surface area contributed by atoms with Gasteiger partial charge in [-0.3, -0.25) is 0 Å². The molecule has 0 aromatic heterocycles. The number of rotatable bonds is 8. The first-order valence-corrected chi connectivity index (χ1v) is 18.5. The predicted molar refractivity (Wildman–Crippen MR) is 172 cm³/mol. The number of nitrogens with two attached hydrogens (primary N) is 4. The van der Waals surface area contributed by atoms with Crippen molar-refractivity contribution < 1.29 is 89.4 Å². The van der Waals surface area contributed by atoms with E-state index in [0.717, 1.165) is 48.5 Å². The van der Waals surface area contributed by atoms with Gasteiger partial charge in [-0.2, -0.15) is 0 Å². The Kier molecular flexibility index (Phi) is 22.7. The first-order chi connectivity index (χ1) is 24.1. The summed E-state index contributed by atoms with van der Waals surface area (Å²) >= 11 is 0. The molecule has 0 fully saturated rings. The quantitative estimate of drug-likeness (QED) is 0.0646. The molecular formula is C24H24CuN12O12PdS4. The Morgan fingerprint density at radius 3 is 0.556 bits per heavy atom. The zero-order valence-corrected chi connectivity index (χ0v) is 32.0.